The first-order valence-electron chi connectivity index (χ1n) is 43.9. The van der Waals surface area contributed by atoms with Crippen molar-refractivity contribution in [3.63, 3.8) is 0 Å². The molecule has 5 aliphatic carbocycles. The van der Waals surface area contributed by atoms with Gasteiger partial charge in [0.15, 0.2) is 0 Å². The van der Waals surface area contributed by atoms with Crippen LogP contribution in [0.2, 0.25) is 0 Å². The molecule has 0 saturated carbocycles. The second kappa shape index (κ2) is 38.2. The van der Waals surface area contributed by atoms with E-state index in [0.717, 1.165) is 122 Å². The van der Waals surface area contributed by atoms with Crippen molar-refractivity contribution in [1.82, 2.24) is 53.9 Å². The summed E-state index contributed by atoms with van der Waals surface area (Å²) in [4.78, 5) is 174. The number of imidazole rings is 5. The van der Waals surface area contributed by atoms with Crippen LogP contribution in [0.4, 0.5) is 10.5 Å². The zero-order valence-corrected chi connectivity index (χ0v) is 75.1. The number of aromatic amines is 3. The Bertz CT molecular complexity index is 6690. The summed E-state index contributed by atoms with van der Waals surface area (Å²) < 4.78 is 20.8. The van der Waals surface area contributed by atoms with E-state index in [0.29, 0.717) is 115 Å². The number of benzene rings is 8. The van der Waals surface area contributed by atoms with Crippen LogP contribution in [0, 0.1) is 34.6 Å². The smallest absolute Gasteiger partial charge is 0.415 e. The fourth-order valence-electron chi connectivity index (χ4n) is 16.9. The second-order valence-corrected chi connectivity index (χ2v) is 34.7. The standard InChI is InChI=1S/C25H25N3O4.C21H25N3O3.C20H16N2O3.C20H16N2O2.C18H20N2O2/c1-14-10-11-18(15(2)12-14)28(24(31)32-25(3,4)5)13-19-26-20-16-8-6-7-9-17(16)22(29)23(30)21(20)27-19;1-14(2)21-22-17-15-6-3-4-7-16(15)19(25)20(26)18(17)24(21)9-5-8-23-10-12-27-13-11-23;1-11-7-8-15(12(2)9-11)25-10-16-21-17-13-5-3-4-6-14(13)19(23)20(24)18(17)22-16;1-12-6-8-13(9-7-12)10-11-16-21-17-14-4-2-3-5-15(14)19(23)20(24)18(17)22-16;1-4-5-10-20-15-14(19-18(20)11(2)3)12-8-6-7-9-13(12)16(21)17(15)22/h6-12H,13H2,1-5H3,(H,26,27);3-4,6-7,14H,5,8-13H2,1-2H3;3-9H,10H2,1-2H3,(H,21,22);2-9H,10-11H2,1H3,(H,21,22);6-9,11H,4-5,10H2,1-3H3. The average molecular weight is 1740 g/mol. The van der Waals surface area contributed by atoms with Gasteiger partial charge in [-0.3, -0.25) is 57.7 Å². The van der Waals surface area contributed by atoms with Gasteiger partial charge < -0.3 is 38.3 Å². The molecule has 1 amide bonds. The number of Topliss-reactive ketones (excluding diaryl/α,β-unsaturated/α-hetero) is 10. The molecule has 1 aliphatic heterocycles. The van der Waals surface area contributed by atoms with Gasteiger partial charge in [0, 0.05) is 107 Å². The predicted molar refractivity (Wildman–Crippen MR) is 493 cm³/mol. The van der Waals surface area contributed by atoms with Crippen molar-refractivity contribution in [2.75, 3.05) is 37.7 Å². The predicted octanol–water partition coefficient (Wildman–Crippen LogP) is 18.8. The van der Waals surface area contributed by atoms with Crippen LogP contribution >= 0.6 is 0 Å². The van der Waals surface area contributed by atoms with Crippen LogP contribution in [0.25, 0.3) is 56.3 Å². The molecule has 3 N–H and O–H groups in total. The topological polar surface area (TPSA) is 344 Å². The van der Waals surface area contributed by atoms with Crippen molar-refractivity contribution >= 4 is 69.6 Å². The van der Waals surface area contributed by atoms with E-state index in [4.69, 9.17) is 24.2 Å². The third-order valence-corrected chi connectivity index (χ3v) is 23.3. The maximum Gasteiger partial charge on any atom is 0.415 e. The molecule has 5 aromatic heterocycles. The van der Waals surface area contributed by atoms with Crippen LogP contribution in [0.5, 0.6) is 5.75 Å². The summed E-state index contributed by atoms with van der Waals surface area (Å²) in [6, 6.07) is 55.6. The number of anilines is 1. The van der Waals surface area contributed by atoms with Crippen molar-refractivity contribution < 1.29 is 67.0 Å². The number of amides is 1. The first-order valence-corrected chi connectivity index (χ1v) is 43.9. The normalized spacial score (nSPS) is 13.9. The lowest BCUT2D eigenvalue weighted by Crippen LogP contribution is -2.37. The van der Waals surface area contributed by atoms with E-state index in [9.17, 15) is 52.7 Å². The molecule has 26 nitrogen and oxygen atoms in total. The van der Waals surface area contributed by atoms with Crippen molar-refractivity contribution in [3.8, 4) is 62.0 Å². The Morgan fingerprint density at radius 3 is 1.24 bits per heavy atom. The van der Waals surface area contributed by atoms with Gasteiger partial charge in [-0.25, -0.2) is 29.7 Å². The summed E-state index contributed by atoms with van der Waals surface area (Å²) in [5, 5.41) is 0. The highest BCUT2D eigenvalue weighted by Crippen LogP contribution is 2.41. The first kappa shape index (κ1) is 90.3. The number of hydrogen-bond acceptors (Lipinski definition) is 20. The van der Waals surface area contributed by atoms with E-state index in [1.165, 1.54) is 21.6 Å². The maximum atomic E-state index is 13.1. The lowest BCUT2D eigenvalue weighted by atomic mass is 9.90. The van der Waals surface area contributed by atoms with E-state index in [1.807, 2.05) is 116 Å². The molecule has 8 aromatic carbocycles. The third kappa shape index (κ3) is 18.7. The Kier molecular flexibility index (Phi) is 26.5. The number of hydrogen-bond donors (Lipinski definition) is 3. The van der Waals surface area contributed by atoms with Gasteiger partial charge in [-0.05, 0) is 103 Å². The van der Waals surface area contributed by atoms with Crippen LogP contribution in [-0.4, -0.2) is 156 Å². The molecule has 13 aromatic rings. The average Bonchev–Trinajstić information content (AvgIpc) is 1.71. The number of H-pyrrole nitrogens is 3. The van der Waals surface area contributed by atoms with Crippen LogP contribution in [0.3, 0.4) is 0 Å². The molecule has 0 spiro atoms. The van der Waals surface area contributed by atoms with Crippen LogP contribution in [0.1, 0.15) is 253 Å². The quantitative estimate of drug-likeness (QED) is 0.0672. The number of fused-ring (bicyclic) bond motifs is 15. The van der Waals surface area contributed by atoms with Crippen LogP contribution in [-0.2, 0) is 48.6 Å². The highest BCUT2D eigenvalue weighted by atomic mass is 16.6. The zero-order chi connectivity index (χ0) is 92.3. The molecule has 662 valence electrons. The molecule has 0 unspecified atom stereocenters. The molecule has 1 fully saturated rings. The number of carbonyl (C=O) groups excluding carboxylic acids is 11. The van der Waals surface area contributed by atoms with Crippen molar-refractivity contribution in [1.29, 1.82) is 0 Å². The number of ketones is 10. The van der Waals surface area contributed by atoms with E-state index in [2.05, 4.69) is 101 Å². The summed E-state index contributed by atoms with van der Waals surface area (Å²) in [5.74, 6) is -0.394. The Labute approximate surface area is 752 Å². The fourth-order valence-corrected chi connectivity index (χ4v) is 16.9. The van der Waals surface area contributed by atoms with Gasteiger partial charge in [-0.2, -0.15) is 0 Å². The summed E-state index contributed by atoms with van der Waals surface area (Å²) >= 11 is 0. The molecular formula is C104H102N12O14. The van der Waals surface area contributed by atoms with Gasteiger partial charge in [0.05, 0.1) is 25.4 Å². The van der Waals surface area contributed by atoms with Gasteiger partial charge in [0.1, 0.15) is 104 Å². The summed E-state index contributed by atoms with van der Waals surface area (Å²) in [6.07, 6.45) is 3.90. The highest BCUT2D eigenvalue weighted by molar-refractivity contribution is 6.55. The lowest BCUT2D eigenvalue weighted by molar-refractivity contribution is 0.0368. The Hall–Kier alpha value is -14.5. The van der Waals surface area contributed by atoms with E-state index < -0.39 is 69.5 Å². The van der Waals surface area contributed by atoms with Gasteiger partial charge >= 0.3 is 6.09 Å². The van der Waals surface area contributed by atoms with E-state index >= 15 is 0 Å². The van der Waals surface area contributed by atoms with Crippen molar-refractivity contribution in [2.45, 2.75) is 166 Å². The van der Waals surface area contributed by atoms with Crippen molar-refractivity contribution in [3.05, 3.63) is 301 Å². The van der Waals surface area contributed by atoms with Gasteiger partial charge in [0.2, 0.25) is 28.9 Å². The van der Waals surface area contributed by atoms with Gasteiger partial charge in [-0.15, -0.1) is 0 Å². The van der Waals surface area contributed by atoms with Crippen LogP contribution in [0.15, 0.2) is 182 Å². The lowest BCUT2D eigenvalue weighted by Gasteiger charge is -2.28. The largest absolute Gasteiger partial charge is 0.485 e. The number of aromatic nitrogens is 10. The molecule has 0 bridgehead atoms. The minimum Gasteiger partial charge on any atom is -0.485 e. The number of rotatable bonds is 18. The molecule has 26 heteroatoms. The first-order chi connectivity index (χ1) is 62.4. The van der Waals surface area contributed by atoms with Gasteiger partial charge in [-0.1, -0.05) is 228 Å². The second-order valence-electron chi connectivity index (χ2n) is 34.7. The number of ether oxygens (including phenoxy) is 3. The molecule has 6 heterocycles. The van der Waals surface area contributed by atoms with Gasteiger partial charge in [0.25, 0.3) is 28.9 Å². The summed E-state index contributed by atoms with van der Waals surface area (Å²) in [5.41, 5.74) is 16.8. The minimum atomic E-state index is -0.683. The number of unbranched alkanes of at least 4 members (excludes halogenated alkanes) is 1. The maximum absolute atomic E-state index is 13.1. The SMILES string of the molecule is CC(C)c1nc2c(n1CCCN1CCOCC1)C(=O)C(=O)c1ccccc1-2.CCCCn1c(C(C)C)nc2c1C(=O)C(=O)c1ccccc1-2.Cc1ccc(CCc2nc3c([nH]2)C(=O)C(=O)c2ccccc2-3)cc1.Cc1ccc(N(Cc2nc3c([nH]2)C(=O)C(=O)c2ccccc2-3)C(=O)OC(C)(C)C)c(C)c1.Cc1ccc(OCc2nc3c([nH]2)C(=O)C(=O)c2ccccc2-3)c(C)c1. The van der Waals surface area contributed by atoms with E-state index in [-0.39, 0.29) is 36.4 Å². The number of carbonyl (C=O) groups is 11. The Morgan fingerprint density at radius 1 is 0.423 bits per heavy atom. The highest BCUT2D eigenvalue weighted by Gasteiger charge is 2.41. The summed E-state index contributed by atoms with van der Waals surface area (Å²) in [6.45, 7) is 31.8. The number of morpholine rings is 1. The Morgan fingerprint density at radius 2 is 0.808 bits per heavy atom. The minimum absolute atomic E-state index is 0.0510. The molecule has 130 heavy (non-hydrogen) atoms. The van der Waals surface area contributed by atoms with E-state index in [1.54, 1.807) is 99.6 Å². The molecule has 1 saturated heterocycles. The molecule has 0 atom stereocenters. The molecule has 19 rings (SSSR count). The van der Waals surface area contributed by atoms with Crippen molar-refractivity contribution in [2.24, 2.45) is 0 Å². The number of nitrogens with zero attached hydrogens (tertiary/aromatic N) is 9. The number of nitrogens with one attached hydrogen (secondary N) is 3. The Balaban J connectivity index is 0.000000125. The molecule has 0 radical (unpaired) electrons. The fraction of sp³-hybridized carbons (Fsp3) is 0.288. The monoisotopic (exact) mass is 1740 g/mol. The molecular weight excluding hydrogens is 1640 g/mol. The molecule has 6 aliphatic rings. The summed E-state index contributed by atoms with van der Waals surface area (Å²) in [7, 11) is 0. The number of aryl methyl sites for hydroxylation is 7. The van der Waals surface area contributed by atoms with Crippen LogP contribution < -0.4 is 9.64 Å². The zero-order valence-electron chi connectivity index (χ0n) is 75.1. The third-order valence-electron chi connectivity index (χ3n) is 23.3.